The maximum Gasteiger partial charge on any atom is 0.420 e. The molecule has 0 spiro atoms. The first-order valence-corrected chi connectivity index (χ1v) is 10.6. The smallest absolute Gasteiger partial charge is 0.350 e. The summed E-state index contributed by atoms with van der Waals surface area (Å²) in [6.45, 7) is 0.367. The van der Waals surface area contributed by atoms with Crippen molar-refractivity contribution in [3.05, 3.63) is 69.8 Å². The van der Waals surface area contributed by atoms with Crippen molar-refractivity contribution in [3.63, 3.8) is 0 Å². The molecule has 1 heterocycles. The van der Waals surface area contributed by atoms with Gasteiger partial charge in [0.05, 0.1) is 5.56 Å². The van der Waals surface area contributed by atoms with Crippen molar-refractivity contribution >= 4 is 11.8 Å². The zero-order valence-corrected chi connectivity index (χ0v) is 17.5. The molecule has 10 heteroatoms. The standard InChI is InChI=1S/C23H22F5N3O2/c24-16-8-17(20(18(25)9-16)23(26,27)28)22(33)31-6-5-13-7-14(3-4-15(13)11-31)21(32)30-10-19(29)12-1-2-12/h3-4,7-9,12,19H,1-2,5-6,10-11,29H2,(H,30,32). The summed E-state index contributed by atoms with van der Waals surface area (Å²) in [5.74, 6) is -4.04. The summed E-state index contributed by atoms with van der Waals surface area (Å²) >= 11 is 0. The highest BCUT2D eigenvalue weighted by atomic mass is 19.4. The molecule has 4 rings (SSSR count). The van der Waals surface area contributed by atoms with Crippen LogP contribution in [-0.4, -0.2) is 35.8 Å². The van der Waals surface area contributed by atoms with Gasteiger partial charge in [0, 0.05) is 37.3 Å². The van der Waals surface area contributed by atoms with Crippen LogP contribution in [0.2, 0.25) is 0 Å². The molecule has 0 saturated heterocycles. The minimum absolute atomic E-state index is 0.0406. The first-order chi connectivity index (χ1) is 15.5. The van der Waals surface area contributed by atoms with E-state index >= 15 is 0 Å². The van der Waals surface area contributed by atoms with E-state index in [1.165, 1.54) is 0 Å². The van der Waals surface area contributed by atoms with Crippen molar-refractivity contribution in [2.24, 2.45) is 11.7 Å². The molecular weight excluding hydrogens is 445 g/mol. The van der Waals surface area contributed by atoms with Gasteiger partial charge in [0.25, 0.3) is 11.8 Å². The highest BCUT2D eigenvalue weighted by Crippen LogP contribution is 2.36. The molecule has 1 saturated carbocycles. The fraction of sp³-hybridized carbons (Fsp3) is 0.391. The van der Waals surface area contributed by atoms with Gasteiger partial charge in [-0.3, -0.25) is 9.59 Å². The normalized spacial score (nSPS) is 16.8. The third-order valence-corrected chi connectivity index (χ3v) is 6.06. The number of fused-ring (bicyclic) bond motifs is 1. The van der Waals surface area contributed by atoms with E-state index in [4.69, 9.17) is 5.73 Å². The van der Waals surface area contributed by atoms with Crippen LogP contribution in [-0.2, 0) is 19.1 Å². The Labute approximate surface area is 186 Å². The van der Waals surface area contributed by atoms with Gasteiger partial charge in [-0.1, -0.05) is 6.07 Å². The zero-order valence-electron chi connectivity index (χ0n) is 17.5. The predicted molar refractivity (Wildman–Crippen MR) is 109 cm³/mol. The Morgan fingerprint density at radius 3 is 2.52 bits per heavy atom. The van der Waals surface area contributed by atoms with E-state index in [0.717, 1.165) is 23.3 Å². The second kappa shape index (κ2) is 8.74. The minimum Gasteiger partial charge on any atom is -0.350 e. The van der Waals surface area contributed by atoms with Crippen LogP contribution in [0.25, 0.3) is 0 Å². The molecule has 176 valence electrons. The van der Waals surface area contributed by atoms with Crippen LogP contribution in [0.15, 0.2) is 30.3 Å². The molecule has 3 N–H and O–H groups in total. The van der Waals surface area contributed by atoms with Gasteiger partial charge in [-0.05, 0) is 54.5 Å². The molecule has 1 aliphatic heterocycles. The molecule has 2 aromatic rings. The SMILES string of the molecule is NC(CNC(=O)c1ccc2c(c1)CCN(C(=O)c1cc(F)cc(F)c1C(F)(F)F)C2)C1CC1. The van der Waals surface area contributed by atoms with Crippen molar-refractivity contribution < 1.29 is 31.5 Å². The number of halogens is 5. The fourth-order valence-electron chi connectivity index (χ4n) is 4.07. The van der Waals surface area contributed by atoms with E-state index in [0.29, 0.717) is 29.7 Å². The summed E-state index contributed by atoms with van der Waals surface area (Å²) in [7, 11) is 0. The largest absolute Gasteiger partial charge is 0.420 e. The number of rotatable bonds is 5. The van der Waals surface area contributed by atoms with Crippen LogP contribution in [0.1, 0.15) is 50.2 Å². The van der Waals surface area contributed by atoms with Gasteiger partial charge in [-0.25, -0.2) is 8.78 Å². The molecule has 2 amide bonds. The molecule has 5 nitrogen and oxygen atoms in total. The van der Waals surface area contributed by atoms with Gasteiger partial charge in [-0.15, -0.1) is 0 Å². The molecule has 2 aliphatic rings. The van der Waals surface area contributed by atoms with E-state index in [2.05, 4.69) is 5.32 Å². The van der Waals surface area contributed by atoms with Crippen LogP contribution < -0.4 is 11.1 Å². The maximum atomic E-state index is 13.9. The Morgan fingerprint density at radius 2 is 1.85 bits per heavy atom. The molecule has 1 fully saturated rings. The number of alkyl halides is 3. The molecule has 33 heavy (non-hydrogen) atoms. The number of nitrogens with two attached hydrogens (primary N) is 1. The summed E-state index contributed by atoms with van der Waals surface area (Å²) in [5, 5.41) is 2.80. The van der Waals surface area contributed by atoms with Gasteiger partial charge >= 0.3 is 6.18 Å². The Bertz CT molecular complexity index is 1100. The van der Waals surface area contributed by atoms with Gasteiger partial charge in [0.15, 0.2) is 0 Å². The van der Waals surface area contributed by atoms with Crippen molar-refractivity contribution in [1.82, 2.24) is 10.2 Å². The van der Waals surface area contributed by atoms with Crippen LogP contribution in [0.3, 0.4) is 0 Å². The van der Waals surface area contributed by atoms with Crippen LogP contribution in [0.5, 0.6) is 0 Å². The van der Waals surface area contributed by atoms with Gasteiger partial charge < -0.3 is 16.0 Å². The molecule has 1 unspecified atom stereocenters. The number of amides is 2. The summed E-state index contributed by atoms with van der Waals surface area (Å²) in [4.78, 5) is 26.3. The Hall–Kier alpha value is -3.01. The second-order valence-corrected chi connectivity index (χ2v) is 8.48. The number of benzene rings is 2. The lowest BCUT2D eigenvalue weighted by atomic mass is 9.95. The van der Waals surface area contributed by atoms with Crippen molar-refractivity contribution in [2.75, 3.05) is 13.1 Å². The highest BCUT2D eigenvalue weighted by Gasteiger charge is 2.40. The topological polar surface area (TPSA) is 75.4 Å². The van der Waals surface area contributed by atoms with E-state index in [1.54, 1.807) is 18.2 Å². The molecule has 0 aromatic heterocycles. The second-order valence-electron chi connectivity index (χ2n) is 8.48. The van der Waals surface area contributed by atoms with Gasteiger partial charge in [0.1, 0.15) is 17.2 Å². The maximum absolute atomic E-state index is 13.9. The Balaban J connectivity index is 1.49. The van der Waals surface area contributed by atoms with Crippen molar-refractivity contribution in [1.29, 1.82) is 0 Å². The number of nitrogens with one attached hydrogen (secondary N) is 1. The van der Waals surface area contributed by atoms with Crippen LogP contribution >= 0.6 is 0 Å². The van der Waals surface area contributed by atoms with Gasteiger partial charge in [0.2, 0.25) is 0 Å². The number of carbonyl (C=O) groups excluding carboxylic acids is 2. The molecular formula is C23H22F5N3O2. The van der Waals surface area contributed by atoms with Crippen molar-refractivity contribution in [3.8, 4) is 0 Å². The third-order valence-electron chi connectivity index (χ3n) is 6.06. The number of hydrogen-bond donors (Lipinski definition) is 2. The predicted octanol–water partition coefficient (Wildman–Crippen LogP) is 3.65. The molecule has 0 bridgehead atoms. The first kappa shape index (κ1) is 23.2. The first-order valence-electron chi connectivity index (χ1n) is 10.6. The lowest BCUT2D eigenvalue weighted by Gasteiger charge is -2.30. The van der Waals surface area contributed by atoms with Crippen LogP contribution in [0.4, 0.5) is 22.0 Å². The quantitative estimate of drug-likeness (QED) is 0.660. The Morgan fingerprint density at radius 1 is 1.12 bits per heavy atom. The number of nitrogens with zero attached hydrogens (tertiary/aromatic N) is 1. The lowest BCUT2D eigenvalue weighted by molar-refractivity contribution is -0.140. The zero-order chi connectivity index (χ0) is 23.9. The van der Waals surface area contributed by atoms with Crippen molar-refractivity contribution in [2.45, 2.75) is 38.0 Å². The minimum atomic E-state index is -5.15. The molecule has 0 radical (unpaired) electrons. The number of carbonyl (C=O) groups is 2. The monoisotopic (exact) mass is 467 g/mol. The van der Waals surface area contributed by atoms with E-state index < -0.39 is 34.8 Å². The summed E-state index contributed by atoms with van der Waals surface area (Å²) < 4.78 is 67.4. The lowest BCUT2D eigenvalue weighted by Crippen LogP contribution is -2.39. The average Bonchev–Trinajstić information content (AvgIpc) is 3.60. The fourth-order valence-corrected chi connectivity index (χ4v) is 4.07. The van der Waals surface area contributed by atoms with Crippen LogP contribution in [0, 0.1) is 17.6 Å². The summed E-state index contributed by atoms with van der Waals surface area (Å²) in [6, 6.07) is 5.30. The Kier molecular flexibility index (Phi) is 6.13. The summed E-state index contributed by atoms with van der Waals surface area (Å²) in [5.41, 5.74) is 4.99. The van der Waals surface area contributed by atoms with Gasteiger partial charge in [-0.2, -0.15) is 13.2 Å². The summed E-state index contributed by atoms with van der Waals surface area (Å²) in [6.07, 6.45) is -2.74. The molecule has 1 atom stereocenters. The molecule has 2 aromatic carbocycles. The van der Waals surface area contributed by atoms with E-state index in [-0.39, 0.29) is 37.5 Å². The third kappa shape index (κ3) is 5.00. The van der Waals surface area contributed by atoms with E-state index in [9.17, 15) is 31.5 Å². The molecule has 1 aliphatic carbocycles. The highest BCUT2D eigenvalue weighted by molar-refractivity contribution is 5.96. The number of hydrogen-bond acceptors (Lipinski definition) is 3. The van der Waals surface area contributed by atoms with E-state index in [1.807, 2.05) is 0 Å². The average molecular weight is 467 g/mol.